The quantitative estimate of drug-likeness (QED) is 0.434. The van der Waals surface area contributed by atoms with Crippen molar-refractivity contribution in [2.24, 2.45) is 5.73 Å². The summed E-state index contributed by atoms with van der Waals surface area (Å²) in [5.74, 6) is -1.17. The van der Waals surface area contributed by atoms with E-state index in [0.717, 1.165) is 26.2 Å². The highest BCUT2D eigenvalue weighted by Crippen LogP contribution is 2.34. The minimum Gasteiger partial charge on any atom is -0.494 e. The van der Waals surface area contributed by atoms with Gasteiger partial charge in [-0.3, -0.25) is 9.59 Å². The van der Waals surface area contributed by atoms with Crippen LogP contribution in [0, 0.1) is 19.7 Å². The molecule has 0 aliphatic rings. The van der Waals surface area contributed by atoms with E-state index in [0.29, 0.717) is 23.4 Å². The van der Waals surface area contributed by atoms with Gasteiger partial charge in [0.25, 0.3) is 5.91 Å². The monoisotopic (exact) mass is 466 g/mol. The molecule has 4 aromatic rings. The van der Waals surface area contributed by atoms with Gasteiger partial charge in [0.1, 0.15) is 0 Å². The smallest absolute Gasteiger partial charge is 0.255 e. The van der Waals surface area contributed by atoms with Gasteiger partial charge >= 0.3 is 0 Å². The molecular formula is C24H23FN4O3S. The van der Waals surface area contributed by atoms with Gasteiger partial charge in [-0.25, -0.2) is 9.07 Å². The molecule has 0 aliphatic heterocycles. The van der Waals surface area contributed by atoms with Crippen molar-refractivity contribution in [3.8, 4) is 11.4 Å². The van der Waals surface area contributed by atoms with Gasteiger partial charge in [-0.1, -0.05) is 18.2 Å². The molecule has 0 bridgehead atoms. The summed E-state index contributed by atoms with van der Waals surface area (Å²) in [4.78, 5) is 24.7. The Morgan fingerprint density at radius 1 is 1.21 bits per heavy atom. The van der Waals surface area contributed by atoms with Crippen molar-refractivity contribution in [2.75, 3.05) is 13.7 Å². The Balaban J connectivity index is 1.70. The molecule has 0 unspecified atom stereocenters. The van der Waals surface area contributed by atoms with Crippen LogP contribution in [0.1, 0.15) is 32.2 Å². The highest BCUT2D eigenvalue weighted by Gasteiger charge is 2.21. The molecule has 33 heavy (non-hydrogen) atoms. The molecule has 2 aromatic heterocycles. The number of halogens is 1. The van der Waals surface area contributed by atoms with Crippen molar-refractivity contribution >= 4 is 33.2 Å². The Bertz CT molecular complexity index is 1380. The van der Waals surface area contributed by atoms with Gasteiger partial charge in [-0.05, 0) is 49.1 Å². The summed E-state index contributed by atoms with van der Waals surface area (Å²) in [7, 11) is 1.45. The molecule has 9 heteroatoms. The average Bonchev–Trinajstić information content (AvgIpc) is 3.32. The number of benzene rings is 2. The molecule has 0 aliphatic carbocycles. The first-order chi connectivity index (χ1) is 15.8. The Morgan fingerprint density at radius 3 is 2.73 bits per heavy atom. The van der Waals surface area contributed by atoms with Crippen molar-refractivity contribution < 1.29 is 18.7 Å². The number of methoxy groups -OCH3 is 1. The van der Waals surface area contributed by atoms with Crippen LogP contribution in [0.3, 0.4) is 0 Å². The Kier molecular flexibility index (Phi) is 6.15. The molecule has 0 spiro atoms. The number of ether oxygens (including phenoxy) is 1. The van der Waals surface area contributed by atoms with Crippen LogP contribution < -0.4 is 15.8 Å². The number of aryl methyl sites for hydroxylation is 1. The van der Waals surface area contributed by atoms with Gasteiger partial charge in [-0.15, -0.1) is 11.3 Å². The number of rotatable bonds is 7. The Labute approximate surface area is 194 Å². The molecule has 0 saturated heterocycles. The van der Waals surface area contributed by atoms with Crippen molar-refractivity contribution in [1.82, 2.24) is 15.1 Å². The highest BCUT2D eigenvalue weighted by atomic mass is 32.1. The van der Waals surface area contributed by atoms with Crippen LogP contribution in [-0.2, 0) is 11.2 Å². The summed E-state index contributed by atoms with van der Waals surface area (Å²) in [6.45, 7) is 3.34. The number of carbonyl (C=O) groups excluding carboxylic acids is 2. The second kappa shape index (κ2) is 9.03. The molecule has 4 rings (SSSR count). The molecule has 0 fully saturated rings. The zero-order valence-electron chi connectivity index (χ0n) is 18.4. The van der Waals surface area contributed by atoms with E-state index in [-0.39, 0.29) is 24.0 Å². The number of nitrogens with two attached hydrogens (primary N) is 1. The normalized spacial score (nSPS) is 11.0. The van der Waals surface area contributed by atoms with E-state index in [1.165, 1.54) is 13.2 Å². The van der Waals surface area contributed by atoms with Crippen molar-refractivity contribution in [3.63, 3.8) is 0 Å². The maximum absolute atomic E-state index is 13.8. The van der Waals surface area contributed by atoms with E-state index in [1.54, 1.807) is 35.1 Å². The largest absolute Gasteiger partial charge is 0.494 e. The zero-order valence-corrected chi connectivity index (χ0v) is 19.3. The lowest BCUT2D eigenvalue weighted by molar-refractivity contribution is -0.117. The van der Waals surface area contributed by atoms with E-state index >= 15 is 0 Å². The lowest BCUT2D eigenvalue weighted by Gasteiger charge is -2.07. The molecule has 2 amide bonds. The summed E-state index contributed by atoms with van der Waals surface area (Å²) < 4.78 is 21.6. The van der Waals surface area contributed by atoms with Crippen LogP contribution in [0.2, 0.25) is 0 Å². The summed E-state index contributed by atoms with van der Waals surface area (Å²) >= 11 is 1.62. The van der Waals surface area contributed by atoms with Crippen LogP contribution in [0.15, 0.2) is 42.5 Å². The first-order valence-corrected chi connectivity index (χ1v) is 11.1. The van der Waals surface area contributed by atoms with Crippen molar-refractivity contribution in [2.45, 2.75) is 20.3 Å². The second-order valence-corrected chi connectivity index (χ2v) is 8.80. The van der Waals surface area contributed by atoms with Crippen LogP contribution in [0.25, 0.3) is 15.8 Å². The van der Waals surface area contributed by atoms with Crippen LogP contribution in [0.5, 0.6) is 5.75 Å². The molecule has 0 radical (unpaired) electrons. The standard InChI is InChI=1S/C24H23FN4O3S/c1-13-22(24(31)27-12-21(26)30)14(2)29(28-13)19-6-4-5-16-11-17(33-23(16)19)9-15-7-8-18(25)20(10-15)32-3/h4-8,10-11H,9,12H2,1-3H3,(H2,26,30)(H,27,31). The number of thiophene rings is 1. The van der Waals surface area contributed by atoms with Crippen LogP contribution >= 0.6 is 11.3 Å². The maximum Gasteiger partial charge on any atom is 0.255 e. The highest BCUT2D eigenvalue weighted by molar-refractivity contribution is 7.19. The third-order valence-electron chi connectivity index (χ3n) is 5.34. The topological polar surface area (TPSA) is 99.2 Å². The fraction of sp³-hybridized carbons (Fsp3) is 0.208. The number of fused-ring (bicyclic) bond motifs is 1. The summed E-state index contributed by atoms with van der Waals surface area (Å²) in [5.41, 5.74) is 8.58. The number of primary amides is 1. The molecular weight excluding hydrogens is 443 g/mol. The zero-order chi connectivity index (χ0) is 23.7. The molecule has 0 atom stereocenters. The predicted octanol–water partition coefficient (Wildman–Crippen LogP) is 3.66. The van der Waals surface area contributed by atoms with Crippen molar-refractivity contribution in [3.05, 3.63) is 75.7 Å². The molecule has 2 heterocycles. The lowest BCUT2D eigenvalue weighted by Crippen LogP contribution is -2.33. The second-order valence-electron chi connectivity index (χ2n) is 7.66. The first kappa shape index (κ1) is 22.5. The van der Waals surface area contributed by atoms with E-state index < -0.39 is 5.91 Å². The SMILES string of the molecule is COc1cc(Cc2cc3cccc(-n4nc(C)c(C(=O)NCC(N)=O)c4C)c3s2)ccc1F. The maximum atomic E-state index is 13.8. The number of nitrogens with one attached hydrogen (secondary N) is 1. The minimum absolute atomic E-state index is 0.221. The van der Waals surface area contributed by atoms with Crippen LogP contribution in [-0.4, -0.2) is 35.2 Å². The van der Waals surface area contributed by atoms with E-state index in [4.69, 9.17) is 10.5 Å². The summed E-state index contributed by atoms with van der Waals surface area (Å²) in [6, 6.07) is 12.9. The fourth-order valence-electron chi connectivity index (χ4n) is 3.83. The van der Waals surface area contributed by atoms with Gasteiger partial charge in [0.05, 0.1) is 41.0 Å². The number of amides is 2. The first-order valence-electron chi connectivity index (χ1n) is 10.3. The van der Waals surface area contributed by atoms with Gasteiger partial charge in [0.15, 0.2) is 11.6 Å². The van der Waals surface area contributed by atoms with E-state index in [1.807, 2.05) is 25.1 Å². The summed E-state index contributed by atoms with van der Waals surface area (Å²) in [6.07, 6.45) is 0.632. The summed E-state index contributed by atoms with van der Waals surface area (Å²) in [5, 5.41) is 8.17. The number of carbonyl (C=O) groups is 2. The molecule has 7 nitrogen and oxygen atoms in total. The molecule has 2 aromatic carbocycles. The van der Waals surface area contributed by atoms with Gasteiger partial charge in [-0.2, -0.15) is 5.10 Å². The molecule has 170 valence electrons. The Hall–Kier alpha value is -3.72. The van der Waals surface area contributed by atoms with E-state index in [9.17, 15) is 14.0 Å². The van der Waals surface area contributed by atoms with E-state index in [2.05, 4.69) is 16.5 Å². The van der Waals surface area contributed by atoms with Gasteiger partial charge in [0.2, 0.25) is 5.91 Å². The van der Waals surface area contributed by atoms with Crippen molar-refractivity contribution in [1.29, 1.82) is 0 Å². The fourth-order valence-corrected chi connectivity index (χ4v) is 5.02. The minimum atomic E-state index is -0.610. The van der Waals surface area contributed by atoms with Gasteiger partial charge < -0.3 is 15.8 Å². The number of hydrogen-bond acceptors (Lipinski definition) is 5. The number of nitrogens with zero attached hydrogens (tertiary/aromatic N) is 2. The molecule has 0 saturated carbocycles. The third kappa shape index (κ3) is 4.45. The lowest BCUT2D eigenvalue weighted by atomic mass is 10.1. The Morgan fingerprint density at radius 2 is 2.00 bits per heavy atom. The molecule has 3 N–H and O–H groups in total. The number of aromatic nitrogens is 2. The van der Waals surface area contributed by atoms with Crippen LogP contribution in [0.4, 0.5) is 4.39 Å². The predicted molar refractivity (Wildman–Crippen MR) is 126 cm³/mol. The van der Waals surface area contributed by atoms with Gasteiger partial charge in [0, 0.05) is 11.3 Å². The number of hydrogen-bond donors (Lipinski definition) is 2. The third-order valence-corrected chi connectivity index (χ3v) is 6.51. The average molecular weight is 467 g/mol.